The maximum absolute atomic E-state index is 11.8. The monoisotopic (exact) mass is 307 g/mol. The van der Waals surface area contributed by atoms with Gasteiger partial charge in [-0.25, -0.2) is 4.79 Å². The summed E-state index contributed by atoms with van der Waals surface area (Å²) in [5.41, 5.74) is 1.35. The van der Waals surface area contributed by atoms with Crippen LogP contribution in [0, 0.1) is 11.8 Å². The van der Waals surface area contributed by atoms with Gasteiger partial charge in [-0.1, -0.05) is 26.8 Å². The van der Waals surface area contributed by atoms with E-state index in [9.17, 15) is 9.90 Å². The normalized spacial score (nSPS) is 25.9. The number of hydrogen-bond donors (Lipinski definition) is 1. The number of anilines is 1. The molecule has 3 atom stereocenters. The molecule has 1 fully saturated rings. The summed E-state index contributed by atoms with van der Waals surface area (Å²) in [6, 6.07) is 6.24. The second-order valence-corrected chi connectivity index (χ2v) is 7.41. The quantitative estimate of drug-likeness (QED) is 0.839. The van der Waals surface area contributed by atoms with Crippen molar-refractivity contribution in [1.82, 2.24) is 0 Å². The van der Waals surface area contributed by atoms with Gasteiger partial charge in [0.15, 0.2) is 0 Å². The molecule has 1 heterocycles. The maximum atomic E-state index is 11.8. The minimum Gasteiger partial charge on any atom is -0.478 e. The molecule has 116 valence electrons. The Labute approximate surface area is 131 Å². The largest absolute Gasteiger partial charge is 0.478 e. The number of hydrogen-bond acceptors (Lipinski definition) is 3. The minimum absolute atomic E-state index is 0.376. The van der Waals surface area contributed by atoms with Crippen LogP contribution in [-0.2, 0) is 0 Å². The van der Waals surface area contributed by atoms with Gasteiger partial charge in [-0.2, -0.15) is 0 Å². The molecular formula is C17H25NO2S. The summed E-state index contributed by atoms with van der Waals surface area (Å²) in [6.07, 6.45) is 1.21. The molecule has 3 unspecified atom stereocenters. The van der Waals surface area contributed by atoms with Crippen molar-refractivity contribution in [3.8, 4) is 0 Å². The Bertz CT molecular complexity index is 518. The van der Waals surface area contributed by atoms with E-state index in [1.807, 2.05) is 18.2 Å². The molecule has 2 rings (SSSR count). The predicted octanol–water partition coefficient (Wildman–Crippen LogP) is 4.37. The van der Waals surface area contributed by atoms with E-state index in [0.29, 0.717) is 23.4 Å². The van der Waals surface area contributed by atoms with Crippen molar-refractivity contribution >= 4 is 23.4 Å². The first-order chi connectivity index (χ1) is 9.95. The summed E-state index contributed by atoms with van der Waals surface area (Å²) >= 11 is 1.60. The van der Waals surface area contributed by atoms with Gasteiger partial charge in [0.2, 0.25) is 0 Å². The fraction of sp³-hybridized carbons (Fsp3) is 0.588. The standard InChI is InChI=1S/C17H25NO2S/c1-5-21-15-8-6-7-14(16(15)17(19)20)18-10-11(2)9-12(3)13(18)4/h6-8,11-13H,5,9-10H2,1-4H3,(H,19,20). The van der Waals surface area contributed by atoms with Gasteiger partial charge in [-0.05, 0) is 43.1 Å². The van der Waals surface area contributed by atoms with Crippen LogP contribution in [0.3, 0.4) is 0 Å². The van der Waals surface area contributed by atoms with Crippen molar-refractivity contribution in [2.24, 2.45) is 11.8 Å². The number of benzene rings is 1. The molecule has 1 aliphatic rings. The number of rotatable bonds is 4. The second kappa shape index (κ2) is 6.73. The lowest BCUT2D eigenvalue weighted by Crippen LogP contribution is -2.46. The maximum Gasteiger partial charge on any atom is 0.338 e. The van der Waals surface area contributed by atoms with E-state index < -0.39 is 5.97 Å². The van der Waals surface area contributed by atoms with E-state index in [2.05, 4.69) is 32.6 Å². The van der Waals surface area contributed by atoms with Crippen molar-refractivity contribution in [3.63, 3.8) is 0 Å². The van der Waals surface area contributed by atoms with Crippen molar-refractivity contribution < 1.29 is 9.90 Å². The lowest BCUT2D eigenvalue weighted by atomic mass is 9.85. The molecule has 3 nitrogen and oxygen atoms in total. The van der Waals surface area contributed by atoms with E-state index in [1.54, 1.807) is 11.8 Å². The molecule has 0 saturated carbocycles. The number of carbonyl (C=O) groups is 1. The van der Waals surface area contributed by atoms with Crippen LogP contribution in [-0.4, -0.2) is 29.4 Å². The average molecular weight is 307 g/mol. The smallest absolute Gasteiger partial charge is 0.338 e. The zero-order chi connectivity index (χ0) is 15.6. The van der Waals surface area contributed by atoms with Crippen molar-refractivity contribution in [3.05, 3.63) is 23.8 Å². The van der Waals surface area contributed by atoms with E-state index in [-0.39, 0.29) is 0 Å². The Balaban J connectivity index is 2.47. The van der Waals surface area contributed by atoms with Gasteiger partial charge in [-0.15, -0.1) is 11.8 Å². The Morgan fingerprint density at radius 2 is 2.10 bits per heavy atom. The summed E-state index contributed by atoms with van der Waals surface area (Å²) < 4.78 is 0. The fourth-order valence-corrected chi connectivity index (χ4v) is 4.10. The van der Waals surface area contributed by atoms with E-state index >= 15 is 0 Å². The Kier molecular flexibility index (Phi) is 5.20. The number of aromatic carboxylic acids is 1. The third kappa shape index (κ3) is 3.37. The van der Waals surface area contributed by atoms with Crippen LogP contribution >= 0.6 is 11.8 Å². The van der Waals surface area contributed by atoms with Crippen molar-refractivity contribution in [2.75, 3.05) is 17.2 Å². The van der Waals surface area contributed by atoms with Gasteiger partial charge in [0, 0.05) is 17.5 Å². The van der Waals surface area contributed by atoms with Gasteiger partial charge < -0.3 is 10.0 Å². The molecule has 1 aromatic rings. The van der Waals surface area contributed by atoms with Gasteiger partial charge in [0.05, 0.1) is 11.3 Å². The number of nitrogens with zero attached hydrogens (tertiary/aromatic N) is 1. The highest BCUT2D eigenvalue weighted by Crippen LogP contribution is 2.36. The molecular weight excluding hydrogens is 282 g/mol. The molecule has 1 aliphatic heterocycles. The summed E-state index contributed by atoms with van der Waals surface area (Å²) in [4.78, 5) is 15.0. The number of thioether (sulfide) groups is 1. The van der Waals surface area contributed by atoms with Crippen LogP contribution in [0.5, 0.6) is 0 Å². The molecule has 21 heavy (non-hydrogen) atoms. The average Bonchev–Trinajstić information content (AvgIpc) is 2.42. The highest BCUT2D eigenvalue weighted by molar-refractivity contribution is 7.99. The Hall–Kier alpha value is -1.16. The zero-order valence-corrected chi connectivity index (χ0v) is 14.1. The van der Waals surface area contributed by atoms with Crippen LogP contribution in [0.2, 0.25) is 0 Å². The molecule has 1 aromatic carbocycles. The van der Waals surface area contributed by atoms with Crippen molar-refractivity contribution in [1.29, 1.82) is 0 Å². The molecule has 0 radical (unpaired) electrons. The number of piperidine rings is 1. The van der Waals surface area contributed by atoms with E-state index in [0.717, 1.165) is 22.9 Å². The predicted molar refractivity (Wildman–Crippen MR) is 89.6 cm³/mol. The Morgan fingerprint density at radius 1 is 1.38 bits per heavy atom. The van der Waals surface area contributed by atoms with Gasteiger partial charge in [0.1, 0.15) is 0 Å². The molecule has 0 aromatic heterocycles. The van der Waals surface area contributed by atoms with Crippen LogP contribution in [0.1, 0.15) is 44.5 Å². The molecule has 0 amide bonds. The molecule has 1 N–H and O–H groups in total. The van der Waals surface area contributed by atoms with Crippen molar-refractivity contribution in [2.45, 2.75) is 45.1 Å². The van der Waals surface area contributed by atoms with E-state index in [4.69, 9.17) is 0 Å². The SMILES string of the molecule is CCSc1cccc(N2CC(C)CC(C)C2C)c1C(=O)O. The van der Waals surface area contributed by atoms with Crippen LogP contribution in [0.15, 0.2) is 23.1 Å². The van der Waals surface area contributed by atoms with Gasteiger partial charge in [0.25, 0.3) is 0 Å². The van der Waals surface area contributed by atoms with Crippen LogP contribution in [0.25, 0.3) is 0 Å². The molecule has 1 saturated heterocycles. The minimum atomic E-state index is -0.820. The third-order valence-electron chi connectivity index (χ3n) is 4.43. The molecule has 0 aliphatic carbocycles. The zero-order valence-electron chi connectivity index (χ0n) is 13.3. The van der Waals surface area contributed by atoms with Gasteiger partial charge in [-0.3, -0.25) is 0 Å². The third-order valence-corrected chi connectivity index (χ3v) is 5.36. The highest BCUT2D eigenvalue weighted by atomic mass is 32.2. The lowest BCUT2D eigenvalue weighted by molar-refractivity contribution is 0.0693. The summed E-state index contributed by atoms with van der Waals surface area (Å²) in [5, 5.41) is 9.68. The molecule has 0 spiro atoms. The molecule has 4 heteroatoms. The lowest BCUT2D eigenvalue weighted by Gasteiger charge is -2.43. The summed E-state index contributed by atoms with van der Waals surface area (Å²) in [7, 11) is 0. The number of carboxylic acid groups (broad SMARTS) is 1. The van der Waals surface area contributed by atoms with E-state index in [1.165, 1.54) is 6.42 Å². The first-order valence-electron chi connectivity index (χ1n) is 7.71. The first kappa shape index (κ1) is 16.2. The Morgan fingerprint density at radius 3 is 2.71 bits per heavy atom. The molecule has 0 bridgehead atoms. The fourth-order valence-electron chi connectivity index (χ4n) is 3.28. The number of carboxylic acids is 1. The summed E-state index contributed by atoms with van der Waals surface area (Å²) in [5.74, 6) is 1.24. The van der Waals surface area contributed by atoms with Gasteiger partial charge >= 0.3 is 5.97 Å². The summed E-state index contributed by atoms with van der Waals surface area (Å²) in [6.45, 7) is 9.71. The first-order valence-corrected chi connectivity index (χ1v) is 8.70. The second-order valence-electron chi connectivity index (χ2n) is 6.10. The van der Waals surface area contributed by atoms with Crippen LogP contribution < -0.4 is 4.90 Å². The van der Waals surface area contributed by atoms with Crippen LogP contribution in [0.4, 0.5) is 5.69 Å². The highest BCUT2D eigenvalue weighted by Gasteiger charge is 2.31. The topological polar surface area (TPSA) is 40.5 Å².